The molecule has 1 heterocycles. The number of nitrogens with one attached hydrogen (secondary N) is 1. The van der Waals surface area contributed by atoms with Gasteiger partial charge in [-0.05, 0) is 23.5 Å². The number of piperidine rings is 1. The van der Waals surface area contributed by atoms with Crippen molar-refractivity contribution >= 4 is 22.8 Å². The first-order valence-corrected chi connectivity index (χ1v) is 9.71. The molecule has 1 aliphatic rings. The molecule has 3 atom stereocenters. The highest BCUT2D eigenvalue weighted by Gasteiger charge is 2.31. The molecule has 3 unspecified atom stereocenters. The molecule has 132 valence electrons. The zero-order chi connectivity index (χ0) is 17.7. The largest absolute Gasteiger partial charge is 0.481 e. The van der Waals surface area contributed by atoms with Gasteiger partial charge in [0, 0.05) is 42.4 Å². The molecule has 2 amide bonds. The molecule has 1 aliphatic heterocycles. The minimum Gasteiger partial charge on any atom is -0.481 e. The van der Waals surface area contributed by atoms with E-state index in [-0.39, 0.29) is 18.5 Å². The summed E-state index contributed by atoms with van der Waals surface area (Å²) in [6, 6.07) is 7.40. The van der Waals surface area contributed by atoms with Crippen LogP contribution in [0.25, 0.3) is 0 Å². The van der Waals surface area contributed by atoms with Crippen molar-refractivity contribution < 1.29 is 18.9 Å². The van der Waals surface area contributed by atoms with E-state index in [4.69, 9.17) is 0 Å². The van der Waals surface area contributed by atoms with Crippen LogP contribution in [0.4, 0.5) is 4.79 Å². The predicted octanol–water partition coefficient (Wildman–Crippen LogP) is 1.82. The number of carboxylic acids is 1. The minimum atomic E-state index is -0.873. The SMILES string of the molecule is CC1CC(C(=O)O)CN(C(=O)NCc2ccc(CS(C)=O)cc2)C1. The fourth-order valence-corrected chi connectivity index (χ4v) is 3.64. The van der Waals surface area contributed by atoms with E-state index < -0.39 is 22.7 Å². The zero-order valence-electron chi connectivity index (χ0n) is 14.0. The molecule has 0 saturated carbocycles. The van der Waals surface area contributed by atoms with Gasteiger partial charge in [-0.25, -0.2) is 4.79 Å². The normalized spacial score (nSPS) is 22.0. The van der Waals surface area contributed by atoms with Gasteiger partial charge in [0.1, 0.15) is 0 Å². The Bertz CT molecular complexity index is 618. The summed E-state index contributed by atoms with van der Waals surface area (Å²) >= 11 is 0. The van der Waals surface area contributed by atoms with Crippen molar-refractivity contribution in [1.82, 2.24) is 10.2 Å². The van der Waals surface area contributed by atoms with Gasteiger partial charge in [-0.2, -0.15) is 0 Å². The molecule has 0 spiro atoms. The highest BCUT2D eigenvalue weighted by molar-refractivity contribution is 7.83. The number of carboxylic acid groups (broad SMARTS) is 1. The first-order chi connectivity index (χ1) is 11.3. The first kappa shape index (κ1) is 18.4. The Labute approximate surface area is 144 Å². The van der Waals surface area contributed by atoms with Crippen molar-refractivity contribution in [2.75, 3.05) is 19.3 Å². The van der Waals surface area contributed by atoms with Gasteiger partial charge in [0.2, 0.25) is 0 Å². The second-order valence-corrected chi connectivity index (χ2v) is 7.91. The third-order valence-corrected chi connectivity index (χ3v) is 4.87. The van der Waals surface area contributed by atoms with Gasteiger partial charge in [0.05, 0.1) is 5.92 Å². The summed E-state index contributed by atoms with van der Waals surface area (Å²) in [7, 11) is -0.873. The first-order valence-electron chi connectivity index (χ1n) is 7.98. The number of hydrogen-bond donors (Lipinski definition) is 2. The number of aliphatic carboxylic acids is 1. The summed E-state index contributed by atoms with van der Waals surface area (Å²) in [6.07, 6.45) is 2.28. The van der Waals surface area contributed by atoms with Crippen LogP contribution in [0, 0.1) is 11.8 Å². The molecular formula is C17H24N2O4S. The van der Waals surface area contributed by atoms with Gasteiger partial charge in [-0.1, -0.05) is 31.2 Å². The summed E-state index contributed by atoms with van der Waals surface area (Å²) in [5.41, 5.74) is 1.95. The van der Waals surface area contributed by atoms with Crippen molar-refractivity contribution in [2.24, 2.45) is 11.8 Å². The van der Waals surface area contributed by atoms with Crippen LogP contribution >= 0.6 is 0 Å². The summed E-state index contributed by atoms with van der Waals surface area (Å²) in [4.78, 5) is 25.0. The van der Waals surface area contributed by atoms with Gasteiger partial charge in [-0.15, -0.1) is 0 Å². The van der Waals surface area contributed by atoms with Crippen LogP contribution in [0.3, 0.4) is 0 Å². The lowest BCUT2D eigenvalue weighted by atomic mass is 9.91. The van der Waals surface area contributed by atoms with E-state index in [9.17, 15) is 18.9 Å². The van der Waals surface area contributed by atoms with E-state index >= 15 is 0 Å². The topological polar surface area (TPSA) is 86.7 Å². The molecule has 2 rings (SSSR count). The summed E-state index contributed by atoms with van der Waals surface area (Å²) in [6.45, 7) is 3.19. The molecule has 0 bridgehead atoms. The van der Waals surface area contributed by atoms with Crippen LogP contribution < -0.4 is 5.32 Å². The van der Waals surface area contributed by atoms with Crippen molar-refractivity contribution in [2.45, 2.75) is 25.6 Å². The molecule has 0 aromatic heterocycles. The van der Waals surface area contributed by atoms with Crippen LogP contribution in [-0.2, 0) is 27.9 Å². The fraction of sp³-hybridized carbons (Fsp3) is 0.529. The van der Waals surface area contributed by atoms with Crippen molar-refractivity contribution in [3.63, 3.8) is 0 Å². The highest BCUT2D eigenvalue weighted by Crippen LogP contribution is 2.21. The Hall–Kier alpha value is -1.89. The van der Waals surface area contributed by atoms with E-state index in [1.54, 1.807) is 11.2 Å². The molecule has 24 heavy (non-hydrogen) atoms. The molecule has 1 fully saturated rings. The molecular weight excluding hydrogens is 328 g/mol. The minimum absolute atomic E-state index is 0.180. The zero-order valence-corrected chi connectivity index (χ0v) is 14.8. The third kappa shape index (κ3) is 5.33. The maximum Gasteiger partial charge on any atom is 0.317 e. The third-order valence-electron chi connectivity index (χ3n) is 4.13. The van der Waals surface area contributed by atoms with Crippen molar-refractivity contribution in [1.29, 1.82) is 0 Å². The number of carbonyl (C=O) groups excluding carboxylic acids is 1. The van der Waals surface area contributed by atoms with Gasteiger partial charge >= 0.3 is 12.0 Å². The number of likely N-dealkylation sites (tertiary alicyclic amines) is 1. The van der Waals surface area contributed by atoms with Gasteiger partial charge < -0.3 is 15.3 Å². The number of rotatable bonds is 5. The molecule has 0 aliphatic carbocycles. The molecule has 7 heteroatoms. The van der Waals surface area contributed by atoms with Gasteiger partial charge in [-0.3, -0.25) is 9.00 Å². The van der Waals surface area contributed by atoms with Crippen LogP contribution in [-0.4, -0.2) is 45.6 Å². The monoisotopic (exact) mass is 352 g/mol. The molecule has 6 nitrogen and oxygen atoms in total. The maximum absolute atomic E-state index is 12.3. The van der Waals surface area contributed by atoms with Crippen molar-refractivity contribution in [3.8, 4) is 0 Å². The molecule has 0 radical (unpaired) electrons. The van der Waals surface area contributed by atoms with E-state index in [1.807, 2.05) is 31.2 Å². The summed E-state index contributed by atoms with van der Waals surface area (Å²) in [5, 5.41) is 12.0. The number of carbonyl (C=O) groups is 2. The second-order valence-electron chi connectivity index (χ2n) is 6.47. The Kier molecular flexibility index (Phi) is 6.36. The quantitative estimate of drug-likeness (QED) is 0.846. The number of benzene rings is 1. The number of amides is 2. The van der Waals surface area contributed by atoms with Crippen LogP contribution in [0.15, 0.2) is 24.3 Å². The van der Waals surface area contributed by atoms with Crippen LogP contribution in [0.2, 0.25) is 0 Å². The number of nitrogens with zero attached hydrogens (tertiary/aromatic N) is 1. The van der Waals surface area contributed by atoms with Gasteiger partial charge in [0.15, 0.2) is 0 Å². The van der Waals surface area contributed by atoms with E-state index in [0.29, 0.717) is 25.3 Å². The van der Waals surface area contributed by atoms with Crippen molar-refractivity contribution in [3.05, 3.63) is 35.4 Å². The highest BCUT2D eigenvalue weighted by atomic mass is 32.2. The standard InChI is InChI=1S/C17H24N2O4S/c1-12-7-15(16(20)21)10-19(9-12)17(22)18-8-13-3-5-14(6-4-13)11-24(2)23/h3-6,12,15H,7-11H2,1-2H3,(H,18,22)(H,20,21). The van der Waals surface area contributed by atoms with E-state index in [0.717, 1.165) is 11.1 Å². The van der Waals surface area contributed by atoms with E-state index in [2.05, 4.69) is 5.32 Å². The lowest BCUT2D eigenvalue weighted by Gasteiger charge is -2.34. The summed E-state index contributed by atoms with van der Waals surface area (Å²) < 4.78 is 11.2. The Balaban J connectivity index is 1.88. The average molecular weight is 352 g/mol. The van der Waals surface area contributed by atoms with Gasteiger partial charge in [0.25, 0.3) is 0 Å². The number of urea groups is 1. The lowest BCUT2D eigenvalue weighted by Crippen LogP contribution is -2.49. The number of hydrogen-bond acceptors (Lipinski definition) is 3. The fourth-order valence-electron chi connectivity index (χ4n) is 2.97. The Morgan fingerprint density at radius 2 is 1.88 bits per heavy atom. The molecule has 1 aromatic rings. The maximum atomic E-state index is 12.3. The summed E-state index contributed by atoms with van der Waals surface area (Å²) in [5.74, 6) is -0.633. The predicted molar refractivity (Wildman–Crippen MR) is 92.9 cm³/mol. The van der Waals surface area contributed by atoms with Crippen LogP contribution in [0.1, 0.15) is 24.5 Å². The lowest BCUT2D eigenvalue weighted by molar-refractivity contribution is -0.143. The molecule has 1 aromatic carbocycles. The van der Waals surface area contributed by atoms with E-state index in [1.165, 1.54) is 0 Å². The average Bonchev–Trinajstić information content (AvgIpc) is 2.52. The Morgan fingerprint density at radius 1 is 1.25 bits per heavy atom. The Morgan fingerprint density at radius 3 is 2.46 bits per heavy atom. The van der Waals surface area contributed by atoms with Crippen LogP contribution in [0.5, 0.6) is 0 Å². The second kappa shape index (κ2) is 8.28. The molecule has 2 N–H and O–H groups in total. The molecule has 1 saturated heterocycles. The smallest absolute Gasteiger partial charge is 0.317 e.